The molecule has 0 aliphatic heterocycles. The van der Waals surface area contributed by atoms with Crippen molar-refractivity contribution in [3.8, 4) is 5.82 Å². The Morgan fingerprint density at radius 1 is 1.35 bits per heavy atom. The monoisotopic (exact) mass is 312 g/mol. The molecule has 3 aromatic rings. The number of nitrogens with zero attached hydrogens (tertiary/aromatic N) is 4. The van der Waals surface area contributed by atoms with Crippen LogP contribution in [-0.2, 0) is 13.5 Å². The fourth-order valence-electron chi connectivity index (χ4n) is 2.15. The van der Waals surface area contributed by atoms with Crippen molar-refractivity contribution in [2.24, 2.45) is 7.05 Å². The smallest absolute Gasteiger partial charge is 0.160 e. The molecule has 0 saturated heterocycles. The van der Waals surface area contributed by atoms with Gasteiger partial charge in [-0.05, 0) is 6.07 Å². The molecule has 0 spiro atoms. The van der Waals surface area contributed by atoms with E-state index >= 15 is 0 Å². The van der Waals surface area contributed by atoms with Crippen molar-refractivity contribution in [1.82, 2.24) is 19.3 Å². The molecule has 2 aromatic heterocycles. The van der Waals surface area contributed by atoms with E-state index in [4.69, 9.17) is 23.2 Å². The summed E-state index contributed by atoms with van der Waals surface area (Å²) in [6.07, 6.45) is 2.39. The third-order valence-corrected chi connectivity index (χ3v) is 3.49. The van der Waals surface area contributed by atoms with Gasteiger partial charge in [0.05, 0.1) is 16.1 Å². The highest BCUT2D eigenvalue weighted by Gasteiger charge is 2.16. The minimum Gasteiger partial charge on any atom is -0.279 e. The van der Waals surface area contributed by atoms with Crippen molar-refractivity contribution in [3.63, 3.8) is 0 Å². The van der Waals surface area contributed by atoms with Gasteiger partial charge in [-0.25, -0.2) is 9.37 Å². The number of imidazole rings is 1. The molecule has 1 aromatic carbocycles. The van der Waals surface area contributed by atoms with Crippen molar-refractivity contribution >= 4 is 34.2 Å². The Kier molecular flexibility index (Phi) is 3.40. The van der Waals surface area contributed by atoms with E-state index in [1.54, 1.807) is 10.7 Å². The average Bonchev–Trinajstić information content (AvgIpc) is 2.94. The van der Waals surface area contributed by atoms with Crippen molar-refractivity contribution in [3.05, 3.63) is 41.1 Å². The van der Waals surface area contributed by atoms with Gasteiger partial charge < -0.3 is 0 Å². The zero-order chi connectivity index (χ0) is 14.3. The Bertz CT molecular complexity index is 778. The van der Waals surface area contributed by atoms with E-state index in [9.17, 15) is 4.39 Å². The van der Waals surface area contributed by atoms with Gasteiger partial charge >= 0.3 is 0 Å². The van der Waals surface area contributed by atoms with Crippen LogP contribution in [0.3, 0.4) is 0 Å². The first kappa shape index (κ1) is 13.4. The molecule has 0 aliphatic rings. The van der Waals surface area contributed by atoms with Gasteiger partial charge in [0.25, 0.3) is 0 Å². The number of hydrogen-bond donors (Lipinski definition) is 0. The molecule has 7 heteroatoms. The van der Waals surface area contributed by atoms with Crippen LogP contribution < -0.4 is 0 Å². The summed E-state index contributed by atoms with van der Waals surface area (Å²) in [6.45, 7) is 0. The maximum absolute atomic E-state index is 13.6. The SMILES string of the molecule is Cn1ccc(-n2c(CCCl)nc3cc(F)c(Cl)cc32)n1. The van der Waals surface area contributed by atoms with E-state index < -0.39 is 5.82 Å². The summed E-state index contributed by atoms with van der Waals surface area (Å²) in [5.41, 5.74) is 1.26. The van der Waals surface area contributed by atoms with Crippen LogP contribution in [0.2, 0.25) is 5.02 Å². The van der Waals surface area contributed by atoms with E-state index in [2.05, 4.69) is 10.1 Å². The number of hydrogen-bond acceptors (Lipinski definition) is 2. The predicted octanol–water partition coefficient (Wildman–Crippen LogP) is 3.33. The molecule has 0 unspecified atom stereocenters. The maximum Gasteiger partial charge on any atom is 0.160 e. The number of aryl methyl sites for hydroxylation is 2. The lowest BCUT2D eigenvalue weighted by molar-refractivity contribution is 0.630. The second-order valence-electron chi connectivity index (χ2n) is 4.41. The summed E-state index contributed by atoms with van der Waals surface area (Å²) in [5, 5.41) is 4.42. The first-order valence-electron chi connectivity index (χ1n) is 6.02. The van der Waals surface area contributed by atoms with Gasteiger partial charge in [0.2, 0.25) is 0 Å². The van der Waals surface area contributed by atoms with E-state index in [0.717, 1.165) is 11.3 Å². The molecular formula is C13H11Cl2FN4. The first-order chi connectivity index (χ1) is 9.60. The van der Waals surface area contributed by atoms with Crippen LogP contribution in [0.5, 0.6) is 0 Å². The van der Waals surface area contributed by atoms with Crippen molar-refractivity contribution < 1.29 is 4.39 Å². The fraction of sp³-hybridized carbons (Fsp3) is 0.231. The number of halogens is 3. The second-order valence-corrected chi connectivity index (χ2v) is 5.19. The molecule has 2 heterocycles. The topological polar surface area (TPSA) is 35.6 Å². The van der Waals surface area contributed by atoms with Gasteiger partial charge in [0, 0.05) is 37.7 Å². The first-order valence-corrected chi connectivity index (χ1v) is 6.94. The lowest BCUT2D eigenvalue weighted by Crippen LogP contribution is -2.03. The van der Waals surface area contributed by atoms with Gasteiger partial charge in [-0.1, -0.05) is 11.6 Å². The molecule has 0 N–H and O–H groups in total. The molecule has 0 bridgehead atoms. The minimum absolute atomic E-state index is 0.0620. The third kappa shape index (κ3) is 2.17. The van der Waals surface area contributed by atoms with Gasteiger partial charge in [-0.3, -0.25) is 9.25 Å². The van der Waals surface area contributed by atoms with Gasteiger partial charge in [-0.2, -0.15) is 5.10 Å². The molecular weight excluding hydrogens is 302 g/mol. The van der Waals surface area contributed by atoms with Gasteiger partial charge in [0.15, 0.2) is 5.82 Å². The highest BCUT2D eigenvalue weighted by atomic mass is 35.5. The number of rotatable bonds is 3. The summed E-state index contributed by atoms with van der Waals surface area (Å²) in [6, 6.07) is 4.75. The maximum atomic E-state index is 13.6. The van der Waals surface area contributed by atoms with E-state index in [0.29, 0.717) is 23.6 Å². The normalized spacial score (nSPS) is 11.4. The fourth-order valence-corrected chi connectivity index (χ4v) is 2.48. The van der Waals surface area contributed by atoms with Crippen LogP contribution in [0.15, 0.2) is 24.4 Å². The molecule has 0 saturated carbocycles. The Morgan fingerprint density at radius 2 is 2.15 bits per heavy atom. The zero-order valence-electron chi connectivity index (χ0n) is 10.6. The number of aromatic nitrogens is 4. The molecule has 0 aliphatic carbocycles. The Morgan fingerprint density at radius 3 is 2.80 bits per heavy atom. The Balaban J connectivity index is 2.31. The van der Waals surface area contributed by atoms with Crippen molar-refractivity contribution in [2.45, 2.75) is 6.42 Å². The highest BCUT2D eigenvalue weighted by molar-refractivity contribution is 6.31. The van der Waals surface area contributed by atoms with Crippen LogP contribution >= 0.6 is 23.2 Å². The second kappa shape index (κ2) is 5.07. The minimum atomic E-state index is -0.484. The lowest BCUT2D eigenvalue weighted by Gasteiger charge is -2.05. The Labute approximate surface area is 124 Å². The predicted molar refractivity (Wildman–Crippen MR) is 77.2 cm³/mol. The van der Waals surface area contributed by atoms with Crippen LogP contribution in [0.1, 0.15) is 5.82 Å². The molecule has 104 valence electrons. The van der Waals surface area contributed by atoms with Crippen LogP contribution in [0.4, 0.5) is 4.39 Å². The van der Waals surface area contributed by atoms with Crippen molar-refractivity contribution in [1.29, 1.82) is 0 Å². The molecule has 0 amide bonds. The number of fused-ring (bicyclic) bond motifs is 1. The van der Waals surface area contributed by atoms with Crippen LogP contribution in [-0.4, -0.2) is 25.2 Å². The van der Waals surface area contributed by atoms with Gasteiger partial charge in [-0.15, -0.1) is 11.6 Å². The third-order valence-electron chi connectivity index (χ3n) is 3.01. The van der Waals surface area contributed by atoms with E-state index in [1.165, 1.54) is 6.07 Å². The van der Waals surface area contributed by atoms with E-state index in [-0.39, 0.29) is 5.02 Å². The highest BCUT2D eigenvalue weighted by Crippen LogP contribution is 2.26. The molecule has 0 fully saturated rings. The van der Waals surface area contributed by atoms with Crippen molar-refractivity contribution in [2.75, 3.05) is 5.88 Å². The Hall–Kier alpha value is -1.59. The number of benzene rings is 1. The van der Waals surface area contributed by atoms with Gasteiger partial charge in [0.1, 0.15) is 11.6 Å². The lowest BCUT2D eigenvalue weighted by atomic mass is 10.3. The van der Waals surface area contributed by atoms with Crippen LogP contribution in [0, 0.1) is 5.82 Å². The molecule has 0 atom stereocenters. The quantitative estimate of drug-likeness (QED) is 0.695. The standard InChI is InChI=1S/C13H11Cl2FN4/c1-19-5-3-13(18-19)20-11-6-8(15)9(16)7-10(11)17-12(20)2-4-14/h3,5-7H,2,4H2,1H3. The largest absolute Gasteiger partial charge is 0.279 e. The molecule has 4 nitrogen and oxygen atoms in total. The van der Waals surface area contributed by atoms with Crippen LogP contribution in [0.25, 0.3) is 16.9 Å². The number of alkyl halides is 1. The molecule has 3 rings (SSSR count). The summed E-state index contributed by atoms with van der Waals surface area (Å²) < 4.78 is 17.1. The summed E-state index contributed by atoms with van der Waals surface area (Å²) >= 11 is 11.7. The van der Waals surface area contributed by atoms with E-state index in [1.807, 2.05) is 23.9 Å². The molecule has 0 radical (unpaired) electrons. The summed E-state index contributed by atoms with van der Waals surface area (Å²) in [7, 11) is 1.83. The average molecular weight is 313 g/mol. The summed E-state index contributed by atoms with van der Waals surface area (Å²) in [5.74, 6) is 1.38. The summed E-state index contributed by atoms with van der Waals surface area (Å²) in [4.78, 5) is 4.42. The zero-order valence-corrected chi connectivity index (χ0v) is 12.2. The molecule has 20 heavy (non-hydrogen) atoms.